The molecule has 0 saturated carbocycles. The molecule has 1 rings (SSSR count). The van der Waals surface area contributed by atoms with Crippen molar-refractivity contribution in [1.29, 1.82) is 0 Å². The van der Waals surface area contributed by atoms with Crippen molar-refractivity contribution < 1.29 is 0 Å². The van der Waals surface area contributed by atoms with Gasteiger partial charge in [-0.1, -0.05) is 34.1 Å². The first kappa shape index (κ1) is 11.5. The van der Waals surface area contributed by atoms with E-state index in [2.05, 4.69) is 59.9 Å². The van der Waals surface area contributed by atoms with Gasteiger partial charge in [-0.25, -0.2) is 0 Å². The molecule has 0 aromatic heterocycles. The number of halogens is 1. The fourth-order valence-electron chi connectivity index (χ4n) is 1.33. The third kappa shape index (κ3) is 3.28. The van der Waals surface area contributed by atoms with Crippen molar-refractivity contribution in [2.45, 2.75) is 25.9 Å². The zero-order valence-electron chi connectivity index (χ0n) is 8.63. The van der Waals surface area contributed by atoms with Crippen molar-refractivity contribution in [3.63, 3.8) is 0 Å². The maximum atomic E-state index is 3.75. The first-order valence-electron chi connectivity index (χ1n) is 4.77. The van der Waals surface area contributed by atoms with Crippen LogP contribution in [0.4, 0.5) is 0 Å². The van der Waals surface area contributed by atoms with E-state index in [-0.39, 0.29) is 0 Å². The van der Waals surface area contributed by atoms with Crippen molar-refractivity contribution in [2.24, 2.45) is 0 Å². The maximum Gasteiger partial charge on any atom is 0.0297 e. The Morgan fingerprint density at radius 1 is 1.43 bits per heavy atom. The van der Waals surface area contributed by atoms with Gasteiger partial charge in [0.15, 0.2) is 0 Å². The predicted molar refractivity (Wildman–Crippen MR) is 65.4 cm³/mol. The van der Waals surface area contributed by atoms with E-state index in [1.807, 2.05) is 12.1 Å². The Balaban J connectivity index is 2.69. The highest BCUT2D eigenvalue weighted by molar-refractivity contribution is 9.10. The summed E-state index contributed by atoms with van der Waals surface area (Å²) in [6, 6.07) is 9.03. The second kappa shape index (κ2) is 5.32. The van der Waals surface area contributed by atoms with Crippen LogP contribution < -0.4 is 5.32 Å². The zero-order valence-corrected chi connectivity index (χ0v) is 10.2. The second-order valence-electron chi connectivity index (χ2n) is 3.47. The topological polar surface area (TPSA) is 12.0 Å². The zero-order chi connectivity index (χ0) is 10.6. The van der Waals surface area contributed by atoms with Gasteiger partial charge in [-0.3, -0.25) is 0 Å². The summed E-state index contributed by atoms with van der Waals surface area (Å²) in [7, 11) is 0. The van der Waals surface area contributed by atoms with Crippen molar-refractivity contribution in [2.75, 3.05) is 0 Å². The van der Waals surface area contributed by atoms with E-state index in [0.717, 1.165) is 4.47 Å². The molecule has 0 bridgehead atoms. The van der Waals surface area contributed by atoms with E-state index in [9.17, 15) is 0 Å². The molecule has 0 aliphatic rings. The molecule has 0 radical (unpaired) electrons. The minimum atomic E-state index is 0.337. The Morgan fingerprint density at radius 3 is 2.71 bits per heavy atom. The maximum absolute atomic E-state index is 3.75. The quantitative estimate of drug-likeness (QED) is 0.808. The molecule has 2 heteroatoms. The Kier molecular flexibility index (Phi) is 4.36. The molecule has 2 atom stereocenters. The summed E-state index contributed by atoms with van der Waals surface area (Å²) in [6.45, 7) is 8.01. The molecule has 1 N–H and O–H groups in total. The van der Waals surface area contributed by atoms with Gasteiger partial charge in [-0.15, -0.1) is 6.58 Å². The van der Waals surface area contributed by atoms with E-state index >= 15 is 0 Å². The minimum Gasteiger partial charge on any atom is -0.304 e. The van der Waals surface area contributed by atoms with Crippen LogP contribution in [0, 0.1) is 0 Å². The summed E-state index contributed by atoms with van der Waals surface area (Å²) in [4.78, 5) is 0. The number of hydrogen-bond donors (Lipinski definition) is 1. The van der Waals surface area contributed by atoms with E-state index < -0.39 is 0 Å². The molecular weight excluding hydrogens is 238 g/mol. The van der Waals surface area contributed by atoms with Gasteiger partial charge in [0.2, 0.25) is 0 Å². The molecule has 0 spiro atoms. The van der Waals surface area contributed by atoms with Crippen LogP contribution >= 0.6 is 15.9 Å². The van der Waals surface area contributed by atoms with E-state index in [4.69, 9.17) is 0 Å². The van der Waals surface area contributed by atoms with Gasteiger partial charge < -0.3 is 5.32 Å². The highest BCUT2D eigenvalue weighted by atomic mass is 79.9. The van der Waals surface area contributed by atoms with Crippen molar-refractivity contribution in [1.82, 2.24) is 5.32 Å². The van der Waals surface area contributed by atoms with Crippen LogP contribution in [0.5, 0.6) is 0 Å². The van der Waals surface area contributed by atoms with Crippen LogP contribution in [-0.4, -0.2) is 6.04 Å². The third-order valence-corrected chi connectivity index (χ3v) is 2.71. The number of nitrogens with one attached hydrogen (secondary N) is 1. The van der Waals surface area contributed by atoms with Crippen LogP contribution in [0.15, 0.2) is 41.4 Å². The Morgan fingerprint density at radius 2 is 2.14 bits per heavy atom. The Labute approximate surface area is 94.3 Å². The van der Waals surface area contributed by atoms with E-state index in [1.54, 1.807) is 0 Å². The number of rotatable bonds is 4. The fraction of sp³-hybridized carbons (Fsp3) is 0.333. The lowest BCUT2D eigenvalue weighted by molar-refractivity contribution is 0.537. The summed E-state index contributed by atoms with van der Waals surface area (Å²) in [5, 5.41) is 3.43. The summed E-state index contributed by atoms with van der Waals surface area (Å²) >= 11 is 3.47. The minimum absolute atomic E-state index is 0.337. The van der Waals surface area contributed by atoms with Crippen molar-refractivity contribution in [3.8, 4) is 0 Å². The van der Waals surface area contributed by atoms with Gasteiger partial charge in [-0.05, 0) is 31.5 Å². The number of hydrogen-bond acceptors (Lipinski definition) is 1. The molecular formula is C12H16BrN. The summed E-state index contributed by atoms with van der Waals surface area (Å²) in [5.41, 5.74) is 1.29. The lowest BCUT2D eigenvalue weighted by Crippen LogP contribution is -2.26. The molecule has 1 nitrogen and oxygen atoms in total. The largest absolute Gasteiger partial charge is 0.304 e. The lowest BCUT2D eigenvalue weighted by Gasteiger charge is -2.17. The normalized spacial score (nSPS) is 14.8. The molecule has 1 aromatic carbocycles. The van der Waals surface area contributed by atoms with Crippen LogP contribution in [0.3, 0.4) is 0 Å². The molecule has 0 amide bonds. The molecule has 0 fully saturated rings. The van der Waals surface area contributed by atoms with Gasteiger partial charge in [0.05, 0.1) is 0 Å². The predicted octanol–water partition coefficient (Wildman–Crippen LogP) is 3.67. The molecule has 0 heterocycles. The summed E-state index contributed by atoms with van der Waals surface area (Å²) < 4.78 is 1.12. The van der Waals surface area contributed by atoms with Gasteiger partial charge in [0.1, 0.15) is 0 Å². The fourth-order valence-corrected chi connectivity index (χ4v) is 1.75. The van der Waals surface area contributed by atoms with Crippen molar-refractivity contribution >= 4 is 15.9 Å². The summed E-state index contributed by atoms with van der Waals surface area (Å²) in [6.07, 6.45) is 1.91. The highest BCUT2D eigenvalue weighted by Gasteiger charge is 2.06. The number of benzene rings is 1. The second-order valence-corrected chi connectivity index (χ2v) is 4.38. The monoisotopic (exact) mass is 253 g/mol. The highest BCUT2D eigenvalue weighted by Crippen LogP contribution is 2.18. The van der Waals surface area contributed by atoms with E-state index in [1.165, 1.54) is 5.56 Å². The molecule has 1 unspecified atom stereocenters. The standard InChI is InChI=1S/C12H16BrN/c1-4-9(2)14-10(3)11-6-5-7-12(13)8-11/h4-10,14H,1H2,2-3H3/t9?,10-/m1/s1. The average Bonchev–Trinajstić information content (AvgIpc) is 2.17. The SMILES string of the molecule is C=CC(C)N[C@H](C)c1cccc(Br)c1. The first-order chi connectivity index (χ1) is 6.63. The molecule has 14 heavy (non-hydrogen) atoms. The Hall–Kier alpha value is -0.600. The molecule has 0 aliphatic heterocycles. The molecule has 76 valence electrons. The van der Waals surface area contributed by atoms with E-state index in [0.29, 0.717) is 12.1 Å². The molecule has 0 saturated heterocycles. The van der Waals surface area contributed by atoms with Crippen LogP contribution in [0.1, 0.15) is 25.5 Å². The molecule has 1 aromatic rings. The Bertz CT molecular complexity index is 309. The smallest absolute Gasteiger partial charge is 0.0297 e. The average molecular weight is 254 g/mol. The van der Waals surface area contributed by atoms with Gasteiger partial charge in [0, 0.05) is 16.6 Å². The van der Waals surface area contributed by atoms with Crippen LogP contribution in [0.2, 0.25) is 0 Å². The third-order valence-electron chi connectivity index (χ3n) is 2.22. The van der Waals surface area contributed by atoms with Gasteiger partial charge >= 0.3 is 0 Å². The van der Waals surface area contributed by atoms with Gasteiger partial charge in [-0.2, -0.15) is 0 Å². The van der Waals surface area contributed by atoms with Crippen LogP contribution in [-0.2, 0) is 0 Å². The summed E-state index contributed by atoms with van der Waals surface area (Å²) in [5.74, 6) is 0. The van der Waals surface area contributed by atoms with Crippen LogP contribution in [0.25, 0.3) is 0 Å². The lowest BCUT2D eigenvalue weighted by atomic mass is 10.1. The molecule has 0 aliphatic carbocycles. The van der Waals surface area contributed by atoms with Crippen molar-refractivity contribution in [3.05, 3.63) is 47.0 Å². The van der Waals surface area contributed by atoms with Gasteiger partial charge in [0.25, 0.3) is 0 Å². The first-order valence-corrected chi connectivity index (χ1v) is 5.57.